The molecule has 6 nitrogen and oxygen atoms in total. The molecule has 1 amide bonds. The van der Waals surface area contributed by atoms with Crippen molar-refractivity contribution in [1.82, 2.24) is 5.16 Å². The number of carbonyl (C=O) groups excluding carboxylic acids is 2. The van der Waals surface area contributed by atoms with Gasteiger partial charge in [0.05, 0.1) is 18.4 Å². The van der Waals surface area contributed by atoms with Crippen LogP contribution >= 0.6 is 0 Å². The van der Waals surface area contributed by atoms with Gasteiger partial charge in [0.15, 0.2) is 0 Å². The van der Waals surface area contributed by atoms with E-state index in [0.29, 0.717) is 33.8 Å². The van der Waals surface area contributed by atoms with E-state index in [9.17, 15) is 9.59 Å². The first-order chi connectivity index (χ1) is 13.5. The van der Waals surface area contributed by atoms with E-state index in [4.69, 9.17) is 9.26 Å². The number of carbonyl (C=O) groups is 2. The number of nitrogens with zero attached hydrogens (tertiary/aromatic N) is 1. The molecule has 28 heavy (non-hydrogen) atoms. The van der Waals surface area contributed by atoms with Gasteiger partial charge in [0.25, 0.3) is 5.91 Å². The third kappa shape index (κ3) is 4.27. The van der Waals surface area contributed by atoms with E-state index >= 15 is 0 Å². The van der Waals surface area contributed by atoms with Crippen LogP contribution in [0, 0.1) is 25.7 Å². The van der Waals surface area contributed by atoms with E-state index in [1.807, 2.05) is 12.1 Å². The quantitative estimate of drug-likeness (QED) is 0.558. The SMILES string of the molecule is COC(=O)c1cccc(C#Cc2cccc(NC(=O)c3c(C)noc3C)c2)c1. The normalized spacial score (nSPS) is 9.96. The van der Waals surface area contributed by atoms with Gasteiger partial charge in [0, 0.05) is 16.8 Å². The standard InChI is InChI=1S/C22H18N2O4/c1-14-20(15(2)28-24-14)21(25)23-19-9-5-7-17(13-19)11-10-16-6-4-8-18(12-16)22(26)27-3/h4-9,12-13H,1-3H3,(H,23,25). The lowest BCUT2D eigenvalue weighted by molar-refractivity contribution is 0.0600. The molecule has 1 heterocycles. The first-order valence-electron chi connectivity index (χ1n) is 8.52. The lowest BCUT2D eigenvalue weighted by Gasteiger charge is -2.05. The van der Waals surface area contributed by atoms with Crippen molar-refractivity contribution in [1.29, 1.82) is 0 Å². The number of hydrogen-bond acceptors (Lipinski definition) is 5. The smallest absolute Gasteiger partial charge is 0.337 e. The minimum Gasteiger partial charge on any atom is -0.465 e. The van der Waals surface area contributed by atoms with Gasteiger partial charge < -0.3 is 14.6 Å². The van der Waals surface area contributed by atoms with Crippen molar-refractivity contribution in [3.63, 3.8) is 0 Å². The topological polar surface area (TPSA) is 81.4 Å². The predicted octanol–water partition coefficient (Wildman–Crippen LogP) is 3.73. The number of methoxy groups -OCH3 is 1. The van der Waals surface area contributed by atoms with E-state index < -0.39 is 5.97 Å². The third-order valence-corrected chi connectivity index (χ3v) is 4.02. The van der Waals surface area contributed by atoms with E-state index in [0.717, 1.165) is 5.56 Å². The lowest BCUT2D eigenvalue weighted by Crippen LogP contribution is -2.13. The van der Waals surface area contributed by atoms with E-state index in [1.165, 1.54) is 7.11 Å². The summed E-state index contributed by atoms with van der Waals surface area (Å²) in [7, 11) is 1.34. The molecule has 0 aliphatic rings. The molecule has 0 unspecified atom stereocenters. The lowest BCUT2D eigenvalue weighted by atomic mass is 10.1. The Bertz CT molecular complexity index is 1080. The summed E-state index contributed by atoms with van der Waals surface area (Å²) < 4.78 is 9.75. The van der Waals surface area contributed by atoms with Crippen molar-refractivity contribution in [3.8, 4) is 11.8 Å². The Morgan fingerprint density at radius 1 is 1.04 bits per heavy atom. The molecule has 0 spiro atoms. The highest BCUT2D eigenvalue weighted by atomic mass is 16.5. The fraction of sp³-hybridized carbons (Fsp3) is 0.136. The van der Waals surface area contributed by atoms with Crippen LogP contribution in [0.5, 0.6) is 0 Å². The molecule has 0 saturated heterocycles. The van der Waals surface area contributed by atoms with Crippen LogP contribution in [0.25, 0.3) is 0 Å². The van der Waals surface area contributed by atoms with E-state index in [2.05, 4.69) is 22.3 Å². The highest BCUT2D eigenvalue weighted by Gasteiger charge is 2.17. The molecule has 0 bridgehead atoms. The van der Waals surface area contributed by atoms with E-state index in [-0.39, 0.29) is 5.91 Å². The number of nitrogens with one attached hydrogen (secondary N) is 1. The summed E-state index contributed by atoms with van der Waals surface area (Å²) in [4.78, 5) is 24.1. The molecule has 0 saturated carbocycles. The number of esters is 1. The van der Waals surface area contributed by atoms with Crippen LogP contribution in [-0.4, -0.2) is 24.1 Å². The number of aromatic nitrogens is 1. The third-order valence-electron chi connectivity index (χ3n) is 4.02. The van der Waals surface area contributed by atoms with Gasteiger partial charge in [-0.2, -0.15) is 0 Å². The maximum Gasteiger partial charge on any atom is 0.337 e. The zero-order chi connectivity index (χ0) is 20.1. The summed E-state index contributed by atoms with van der Waals surface area (Å²) in [6.07, 6.45) is 0. The molecular formula is C22H18N2O4. The van der Waals surface area contributed by atoms with Crippen molar-refractivity contribution >= 4 is 17.6 Å². The van der Waals surface area contributed by atoms with Crippen LogP contribution in [0.2, 0.25) is 0 Å². The molecule has 0 aliphatic heterocycles. The maximum atomic E-state index is 12.4. The molecular weight excluding hydrogens is 356 g/mol. The fourth-order valence-corrected chi connectivity index (χ4v) is 2.66. The second kappa shape index (κ2) is 8.23. The summed E-state index contributed by atoms with van der Waals surface area (Å²) >= 11 is 0. The average molecular weight is 374 g/mol. The summed E-state index contributed by atoms with van der Waals surface area (Å²) in [6, 6.07) is 14.1. The number of hydrogen-bond donors (Lipinski definition) is 1. The molecule has 3 rings (SSSR count). The molecule has 6 heteroatoms. The Morgan fingerprint density at radius 2 is 1.71 bits per heavy atom. The van der Waals surface area contributed by atoms with Gasteiger partial charge >= 0.3 is 5.97 Å². The second-order valence-electron chi connectivity index (χ2n) is 6.06. The Morgan fingerprint density at radius 3 is 2.36 bits per heavy atom. The average Bonchev–Trinajstić information content (AvgIpc) is 3.04. The molecule has 0 fully saturated rings. The molecule has 0 atom stereocenters. The van der Waals surface area contributed by atoms with Crippen molar-refractivity contribution in [2.75, 3.05) is 12.4 Å². The summed E-state index contributed by atoms with van der Waals surface area (Å²) in [5.74, 6) is 5.82. The van der Waals surface area contributed by atoms with Crippen LogP contribution in [0.1, 0.15) is 43.3 Å². The van der Waals surface area contributed by atoms with Crippen LogP contribution in [0.4, 0.5) is 5.69 Å². The number of anilines is 1. The molecule has 140 valence electrons. The van der Waals surface area contributed by atoms with Gasteiger partial charge in [0.2, 0.25) is 0 Å². The summed E-state index contributed by atoms with van der Waals surface area (Å²) in [6.45, 7) is 3.41. The highest BCUT2D eigenvalue weighted by Crippen LogP contribution is 2.16. The van der Waals surface area contributed by atoms with Crippen LogP contribution < -0.4 is 5.32 Å². The summed E-state index contributed by atoms with van der Waals surface area (Å²) in [5.41, 5.74) is 3.43. The van der Waals surface area contributed by atoms with Gasteiger partial charge in [0.1, 0.15) is 11.3 Å². The Labute approximate surface area is 162 Å². The number of benzene rings is 2. The number of aryl methyl sites for hydroxylation is 2. The summed E-state index contributed by atoms with van der Waals surface area (Å²) in [5, 5.41) is 6.62. The highest BCUT2D eigenvalue weighted by molar-refractivity contribution is 6.05. The van der Waals surface area contributed by atoms with E-state index in [1.54, 1.807) is 50.2 Å². The van der Waals surface area contributed by atoms with Crippen molar-refractivity contribution in [3.05, 3.63) is 82.2 Å². The van der Waals surface area contributed by atoms with Crippen molar-refractivity contribution in [2.45, 2.75) is 13.8 Å². The zero-order valence-electron chi connectivity index (χ0n) is 15.7. The van der Waals surface area contributed by atoms with Gasteiger partial charge in [-0.25, -0.2) is 4.79 Å². The molecule has 2 aromatic carbocycles. The number of rotatable bonds is 3. The molecule has 0 aliphatic carbocycles. The van der Waals surface area contributed by atoms with Crippen molar-refractivity contribution < 1.29 is 18.8 Å². The van der Waals surface area contributed by atoms with Gasteiger partial charge in [-0.05, 0) is 50.2 Å². The monoisotopic (exact) mass is 374 g/mol. The van der Waals surface area contributed by atoms with Crippen LogP contribution in [0.3, 0.4) is 0 Å². The molecule has 0 radical (unpaired) electrons. The van der Waals surface area contributed by atoms with Gasteiger partial charge in [-0.3, -0.25) is 4.79 Å². The van der Waals surface area contributed by atoms with Crippen LogP contribution in [0.15, 0.2) is 53.1 Å². The molecule has 3 aromatic rings. The fourth-order valence-electron chi connectivity index (χ4n) is 2.66. The minimum atomic E-state index is -0.410. The maximum absolute atomic E-state index is 12.4. The number of amides is 1. The minimum absolute atomic E-state index is 0.285. The Balaban J connectivity index is 1.79. The first-order valence-corrected chi connectivity index (χ1v) is 8.52. The largest absolute Gasteiger partial charge is 0.465 e. The predicted molar refractivity (Wildman–Crippen MR) is 104 cm³/mol. The Kier molecular flexibility index (Phi) is 5.56. The number of ether oxygens (including phenoxy) is 1. The van der Waals surface area contributed by atoms with Gasteiger partial charge in [-0.1, -0.05) is 29.1 Å². The first kappa shape index (κ1) is 18.9. The Hall–Kier alpha value is -3.85. The molecule has 1 N–H and O–H groups in total. The van der Waals surface area contributed by atoms with Crippen LogP contribution in [-0.2, 0) is 4.74 Å². The van der Waals surface area contributed by atoms with Gasteiger partial charge in [-0.15, -0.1) is 0 Å². The second-order valence-corrected chi connectivity index (χ2v) is 6.06. The zero-order valence-corrected chi connectivity index (χ0v) is 15.7. The molecule has 1 aromatic heterocycles. The van der Waals surface area contributed by atoms with Crippen molar-refractivity contribution in [2.24, 2.45) is 0 Å².